The van der Waals surface area contributed by atoms with Gasteiger partial charge in [-0.1, -0.05) is 43.3 Å². The molecule has 1 aromatic heterocycles. The van der Waals surface area contributed by atoms with Gasteiger partial charge in [-0.15, -0.1) is 24.0 Å². The highest BCUT2D eigenvalue weighted by molar-refractivity contribution is 14.0. The molecule has 5 nitrogen and oxygen atoms in total. The molecule has 0 amide bonds. The van der Waals surface area contributed by atoms with Crippen molar-refractivity contribution in [2.24, 2.45) is 10.7 Å². The van der Waals surface area contributed by atoms with E-state index in [0.29, 0.717) is 12.5 Å². The number of nitrogens with two attached hydrogens (primary N) is 1. The summed E-state index contributed by atoms with van der Waals surface area (Å²) >= 11 is 0. The fraction of sp³-hybridized carbons (Fsp3) is 0.200. The summed E-state index contributed by atoms with van der Waals surface area (Å²) in [5.74, 6) is 0.424. The Hall–Kier alpha value is -2.35. The Labute approximate surface area is 171 Å². The molecule has 3 rings (SSSR count). The van der Waals surface area contributed by atoms with Gasteiger partial charge in [0.25, 0.3) is 0 Å². The highest BCUT2D eigenvalue weighted by Crippen LogP contribution is 2.11. The standard InChI is InChI=1S/C20H23N5.HI/c1-2-16-5-4-8-19(12-16)24-20(21)23-13-17-6-3-7-18(11-17)14-25-10-9-22-15-25;/h3-12,15H,2,13-14H2,1H3,(H3,21,23,24);1H. The highest BCUT2D eigenvalue weighted by Gasteiger charge is 1.99. The van der Waals surface area contributed by atoms with Gasteiger partial charge in [0, 0.05) is 24.6 Å². The third-order valence-electron chi connectivity index (χ3n) is 3.96. The minimum Gasteiger partial charge on any atom is -0.370 e. The number of nitrogens with zero attached hydrogens (tertiary/aromatic N) is 3. The SMILES string of the molecule is CCc1cccc(NC(N)=NCc2cccc(Cn3ccnc3)c2)c1.I. The quantitative estimate of drug-likeness (QED) is 0.331. The van der Waals surface area contributed by atoms with Gasteiger partial charge in [-0.05, 0) is 35.2 Å². The fourth-order valence-corrected chi connectivity index (χ4v) is 2.65. The van der Waals surface area contributed by atoms with Crippen LogP contribution in [0.3, 0.4) is 0 Å². The Morgan fingerprint density at radius 3 is 2.65 bits per heavy atom. The van der Waals surface area contributed by atoms with Gasteiger partial charge in [-0.3, -0.25) is 0 Å². The van der Waals surface area contributed by atoms with Crippen LogP contribution in [0.2, 0.25) is 0 Å². The number of guanidine groups is 1. The van der Waals surface area contributed by atoms with E-state index in [2.05, 4.69) is 52.5 Å². The van der Waals surface area contributed by atoms with E-state index in [9.17, 15) is 0 Å². The maximum absolute atomic E-state index is 6.02. The van der Waals surface area contributed by atoms with Crippen LogP contribution in [0.4, 0.5) is 5.69 Å². The maximum atomic E-state index is 6.02. The van der Waals surface area contributed by atoms with Gasteiger partial charge in [-0.25, -0.2) is 9.98 Å². The normalized spacial score (nSPS) is 11.0. The van der Waals surface area contributed by atoms with Crippen molar-refractivity contribution in [2.45, 2.75) is 26.4 Å². The fourth-order valence-electron chi connectivity index (χ4n) is 2.65. The van der Waals surface area contributed by atoms with E-state index < -0.39 is 0 Å². The zero-order valence-electron chi connectivity index (χ0n) is 14.8. The van der Waals surface area contributed by atoms with E-state index in [1.54, 1.807) is 6.20 Å². The van der Waals surface area contributed by atoms with Gasteiger partial charge in [0.2, 0.25) is 0 Å². The predicted octanol–water partition coefficient (Wildman–Crippen LogP) is 4.04. The van der Waals surface area contributed by atoms with Crippen molar-refractivity contribution >= 4 is 35.6 Å². The summed E-state index contributed by atoms with van der Waals surface area (Å²) in [6, 6.07) is 16.6. The number of anilines is 1. The van der Waals surface area contributed by atoms with Crippen molar-refractivity contribution in [3.8, 4) is 0 Å². The minimum absolute atomic E-state index is 0. The second kappa shape index (κ2) is 9.96. The van der Waals surface area contributed by atoms with E-state index in [1.807, 2.05) is 35.3 Å². The lowest BCUT2D eigenvalue weighted by atomic mass is 10.1. The van der Waals surface area contributed by atoms with Gasteiger partial charge < -0.3 is 15.6 Å². The first kappa shape index (κ1) is 20.0. The van der Waals surface area contributed by atoms with Crippen LogP contribution in [0.25, 0.3) is 0 Å². The summed E-state index contributed by atoms with van der Waals surface area (Å²) in [5, 5.41) is 3.15. The van der Waals surface area contributed by atoms with E-state index in [0.717, 1.165) is 24.2 Å². The summed E-state index contributed by atoms with van der Waals surface area (Å²) in [5.41, 5.74) is 10.6. The third kappa shape index (κ3) is 5.87. The molecule has 0 unspecified atom stereocenters. The number of hydrogen-bond donors (Lipinski definition) is 2. The van der Waals surface area contributed by atoms with Crippen molar-refractivity contribution in [1.82, 2.24) is 9.55 Å². The van der Waals surface area contributed by atoms with Crippen LogP contribution in [0.5, 0.6) is 0 Å². The Kier molecular flexibility index (Phi) is 7.65. The number of benzene rings is 2. The molecular formula is C20H24IN5. The van der Waals surface area contributed by atoms with Crippen LogP contribution in [0.15, 0.2) is 72.2 Å². The average Bonchev–Trinajstić information content (AvgIpc) is 3.13. The van der Waals surface area contributed by atoms with Gasteiger partial charge in [0.15, 0.2) is 5.96 Å². The predicted molar refractivity (Wildman–Crippen MR) is 118 cm³/mol. The molecule has 2 aromatic carbocycles. The largest absolute Gasteiger partial charge is 0.370 e. The van der Waals surface area contributed by atoms with Crippen LogP contribution < -0.4 is 11.1 Å². The first-order valence-electron chi connectivity index (χ1n) is 8.42. The molecule has 26 heavy (non-hydrogen) atoms. The first-order chi connectivity index (χ1) is 12.2. The molecule has 0 fully saturated rings. The molecule has 3 aromatic rings. The van der Waals surface area contributed by atoms with Crippen LogP contribution >= 0.6 is 24.0 Å². The molecule has 0 aliphatic rings. The number of hydrogen-bond acceptors (Lipinski definition) is 2. The monoisotopic (exact) mass is 461 g/mol. The van der Waals surface area contributed by atoms with Crippen LogP contribution in [-0.4, -0.2) is 15.5 Å². The molecule has 3 N–H and O–H groups in total. The maximum Gasteiger partial charge on any atom is 0.193 e. The van der Waals surface area contributed by atoms with Crippen LogP contribution in [0.1, 0.15) is 23.6 Å². The summed E-state index contributed by atoms with van der Waals surface area (Å²) in [6.45, 7) is 3.48. The molecule has 0 bridgehead atoms. The van der Waals surface area contributed by atoms with Gasteiger partial charge in [-0.2, -0.15) is 0 Å². The molecule has 0 saturated heterocycles. The highest BCUT2D eigenvalue weighted by atomic mass is 127. The van der Waals surface area contributed by atoms with Crippen LogP contribution in [0, 0.1) is 0 Å². The number of aryl methyl sites for hydroxylation is 1. The first-order valence-corrected chi connectivity index (χ1v) is 8.42. The molecule has 0 atom stereocenters. The van der Waals surface area contributed by atoms with E-state index >= 15 is 0 Å². The molecule has 0 spiro atoms. The van der Waals surface area contributed by atoms with Crippen molar-refractivity contribution < 1.29 is 0 Å². The summed E-state index contributed by atoms with van der Waals surface area (Å²) in [4.78, 5) is 8.52. The lowest BCUT2D eigenvalue weighted by Crippen LogP contribution is -2.22. The lowest BCUT2D eigenvalue weighted by molar-refractivity contribution is 0.795. The van der Waals surface area contributed by atoms with Crippen molar-refractivity contribution in [1.29, 1.82) is 0 Å². The molecule has 6 heteroatoms. The third-order valence-corrected chi connectivity index (χ3v) is 3.96. The molecule has 1 heterocycles. The molecular weight excluding hydrogens is 437 g/mol. The summed E-state index contributed by atoms with van der Waals surface area (Å²) < 4.78 is 2.04. The topological polar surface area (TPSA) is 68.2 Å². The number of imidazole rings is 1. The Balaban J connectivity index is 0.00000243. The van der Waals surface area contributed by atoms with Gasteiger partial charge in [0.1, 0.15) is 0 Å². The zero-order valence-corrected chi connectivity index (χ0v) is 17.1. The van der Waals surface area contributed by atoms with Crippen LogP contribution in [-0.2, 0) is 19.5 Å². The summed E-state index contributed by atoms with van der Waals surface area (Å²) in [6.07, 6.45) is 6.55. The molecule has 136 valence electrons. The van der Waals surface area contributed by atoms with E-state index in [-0.39, 0.29) is 24.0 Å². The van der Waals surface area contributed by atoms with Crippen molar-refractivity contribution in [3.63, 3.8) is 0 Å². The second-order valence-electron chi connectivity index (χ2n) is 5.94. The smallest absolute Gasteiger partial charge is 0.193 e. The molecule has 0 aliphatic heterocycles. The average molecular weight is 461 g/mol. The zero-order chi connectivity index (χ0) is 17.5. The van der Waals surface area contributed by atoms with E-state index in [1.165, 1.54) is 11.1 Å². The second-order valence-corrected chi connectivity index (χ2v) is 5.94. The number of aliphatic imine (C=N–C) groups is 1. The molecule has 0 saturated carbocycles. The lowest BCUT2D eigenvalue weighted by Gasteiger charge is -2.08. The van der Waals surface area contributed by atoms with Crippen molar-refractivity contribution in [3.05, 3.63) is 83.9 Å². The minimum atomic E-state index is 0. The van der Waals surface area contributed by atoms with E-state index in [4.69, 9.17) is 5.73 Å². The van der Waals surface area contributed by atoms with Gasteiger partial charge >= 0.3 is 0 Å². The number of nitrogens with one attached hydrogen (secondary N) is 1. The molecule has 0 radical (unpaired) electrons. The number of rotatable bonds is 6. The number of aromatic nitrogens is 2. The van der Waals surface area contributed by atoms with Gasteiger partial charge in [0.05, 0.1) is 12.9 Å². The Bertz CT molecular complexity index is 843. The number of halogens is 1. The Morgan fingerprint density at radius 1 is 1.12 bits per heavy atom. The molecule has 0 aliphatic carbocycles. The Morgan fingerprint density at radius 2 is 1.88 bits per heavy atom. The summed E-state index contributed by atoms with van der Waals surface area (Å²) in [7, 11) is 0. The van der Waals surface area contributed by atoms with Crippen molar-refractivity contribution in [2.75, 3.05) is 5.32 Å².